The van der Waals surface area contributed by atoms with Gasteiger partial charge in [-0.05, 0) is 37.3 Å². The number of para-hydroxylation sites is 1. The molecule has 0 radical (unpaired) electrons. The third-order valence-electron chi connectivity index (χ3n) is 4.48. The Balaban J connectivity index is 1.76. The number of piperidine rings is 1. The molecular formula is C17H22N2O. The minimum Gasteiger partial charge on any atom is -0.361 e. The number of rotatable bonds is 2. The first-order valence-electron chi connectivity index (χ1n) is 7.49. The van der Waals surface area contributed by atoms with Crippen LogP contribution >= 0.6 is 0 Å². The number of aromatic nitrogens is 1. The molecule has 1 amide bonds. The molecular weight excluding hydrogens is 248 g/mol. The molecule has 0 spiro atoms. The van der Waals surface area contributed by atoms with Gasteiger partial charge in [0.25, 0.3) is 0 Å². The summed E-state index contributed by atoms with van der Waals surface area (Å²) in [5, 5.41) is 1.17. The molecule has 2 unspecified atom stereocenters. The van der Waals surface area contributed by atoms with Crippen LogP contribution < -0.4 is 0 Å². The first kappa shape index (κ1) is 13.2. The van der Waals surface area contributed by atoms with E-state index in [0.29, 0.717) is 12.5 Å². The van der Waals surface area contributed by atoms with E-state index in [0.717, 1.165) is 36.4 Å². The van der Waals surface area contributed by atoms with Crippen molar-refractivity contribution in [2.75, 3.05) is 6.54 Å². The van der Waals surface area contributed by atoms with Crippen LogP contribution in [0.2, 0.25) is 0 Å². The lowest BCUT2D eigenvalue weighted by atomic mass is 9.93. The first-order chi connectivity index (χ1) is 9.65. The summed E-state index contributed by atoms with van der Waals surface area (Å²) in [6.45, 7) is 5.35. The Morgan fingerprint density at radius 3 is 2.95 bits per heavy atom. The maximum absolute atomic E-state index is 12.5. The quantitative estimate of drug-likeness (QED) is 0.892. The van der Waals surface area contributed by atoms with Crippen molar-refractivity contribution < 1.29 is 4.79 Å². The smallest absolute Gasteiger partial charge is 0.227 e. The van der Waals surface area contributed by atoms with Crippen molar-refractivity contribution in [2.45, 2.75) is 39.2 Å². The zero-order valence-corrected chi connectivity index (χ0v) is 12.2. The molecule has 2 heterocycles. The molecule has 1 saturated heterocycles. The molecule has 1 N–H and O–H groups in total. The van der Waals surface area contributed by atoms with Crippen molar-refractivity contribution in [2.24, 2.45) is 5.92 Å². The highest BCUT2D eigenvalue weighted by molar-refractivity contribution is 5.89. The number of fused-ring (bicyclic) bond motifs is 1. The summed E-state index contributed by atoms with van der Waals surface area (Å²) in [6.07, 6.45) is 4.73. The van der Waals surface area contributed by atoms with Gasteiger partial charge >= 0.3 is 0 Å². The molecule has 2 atom stereocenters. The van der Waals surface area contributed by atoms with E-state index in [4.69, 9.17) is 0 Å². The van der Waals surface area contributed by atoms with E-state index in [9.17, 15) is 4.79 Å². The Hall–Kier alpha value is -1.77. The second kappa shape index (κ2) is 5.31. The van der Waals surface area contributed by atoms with Crippen LogP contribution in [-0.2, 0) is 11.2 Å². The van der Waals surface area contributed by atoms with Crippen LogP contribution in [0.1, 0.15) is 32.3 Å². The van der Waals surface area contributed by atoms with Crippen molar-refractivity contribution in [1.82, 2.24) is 9.88 Å². The van der Waals surface area contributed by atoms with Gasteiger partial charge in [0.2, 0.25) is 5.91 Å². The van der Waals surface area contributed by atoms with E-state index in [-0.39, 0.29) is 5.91 Å². The number of likely N-dealkylation sites (tertiary alicyclic amines) is 1. The topological polar surface area (TPSA) is 36.1 Å². The molecule has 1 aromatic heterocycles. The lowest BCUT2D eigenvalue weighted by Gasteiger charge is -2.36. The molecule has 3 nitrogen and oxygen atoms in total. The number of amides is 1. The maximum Gasteiger partial charge on any atom is 0.227 e. The number of H-pyrrole nitrogens is 1. The molecule has 3 rings (SSSR count). The first-order valence-corrected chi connectivity index (χ1v) is 7.49. The third-order valence-corrected chi connectivity index (χ3v) is 4.48. The van der Waals surface area contributed by atoms with Crippen LogP contribution in [0.5, 0.6) is 0 Å². The van der Waals surface area contributed by atoms with Crippen LogP contribution in [0, 0.1) is 5.92 Å². The van der Waals surface area contributed by atoms with E-state index < -0.39 is 0 Å². The largest absolute Gasteiger partial charge is 0.361 e. The van der Waals surface area contributed by atoms with Gasteiger partial charge in [0.1, 0.15) is 0 Å². The van der Waals surface area contributed by atoms with E-state index in [1.54, 1.807) is 0 Å². The predicted octanol–water partition coefficient (Wildman–Crippen LogP) is 3.36. The van der Waals surface area contributed by atoms with Gasteiger partial charge in [-0.15, -0.1) is 0 Å². The van der Waals surface area contributed by atoms with Gasteiger partial charge in [0.15, 0.2) is 0 Å². The van der Waals surface area contributed by atoms with Gasteiger partial charge in [-0.2, -0.15) is 0 Å². The fourth-order valence-electron chi connectivity index (χ4n) is 3.32. The standard InChI is InChI=1S/C17H22N2O/c1-12-7-8-19(13(2)9-12)17(20)10-14-11-18-16-6-4-3-5-15(14)16/h3-6,11-13,18H,7-10H2,1-2H3. The monoisotopic (exact) mass is 270 g/mol. The van der Waals surface area contributed by atoms with E-state index in [2.05, 4.69) is 35.9 Å². The van der Waals surface area contributed by atoms with Gasteiger partial charge in [0.05, 0.1) is 6.42 Å². The van der Waals surface area contributed by atoms with Crippen LogP contribution in [0.4, 0.5) is 0 Å². The van der Waals surface area contributed by atoms with Crippen LogP contribution in [-0.4, -0.2) is 28.4 Å². The lowest BCUT2D eigenvalue weighted by Crippen LogP contribution is -2.44. The number of aromatic amines is 1. The summed E-state index contributed by atoms with van der Waals surface area (Å²) >= 11 is 0. The predicted molar refractivity (Wildman–Crippen MR) is 81.6 cm³/mol. The SMILES string of the molecule is CC1CCN(C(=O)Cc2c[nH]c3ccccc23)C(C)C1. The molecule has 2 aromatic rings. The van der Waals surface area contributed by atoms with Crippen molar-refractivity contribution in [3.8, 4) is 0 Å². The Morgan fingerprint density at radius 2 is 2.15 bits per heavy atom. The van der Waals surface area contributed by atoms with Crippen LogP contribution in [0.15, 0.2) is 30.5 Å². The molecule has 1 aliphatic heterocycles. The molecule has 1 aliphatic rings. The minimum absolute atomic E-state index is 0.258. The number of hydrogen-bond donors (Lipinski definition) is 1. The van der Waals surface area contributed by atoms with E-state index in [1.165, 1.54) is 5.39 Å². The average Bonchev–Trinajstić information content (AvgIpc) is 2.82. The maximum atomic E-state index is 12.5. The van der Waals surface area contributed by atoms with Gasteiger partial charge in [-0.1, -0.05) is 25.1 Å². The summed E-state index contributed by atoms with van der Waals surface area (Å²) in [7, 11) is 0. The summed E-state index contributed by atoms with van der Waals surface area (Å²) < 4.78 is 0. The zero-order valence-electron chi connectivity index (χ0n) is 12.2. The van der Waals surface area contributed by atoms with E-state index in [1.807, 2.05) is 18.3 Å². The van der Waals surface area contributed by atoms with Crippen molar-refractivity contribution in [1.29, 1.82) is 0 Å². The Bertz CT molecular complexity index is 616. The van der Waals surface area contributed by atoms with Crippen molar-refractivity contribution >= 4 is 16.8 Å². The van der Waals surface area contributed by atoms with Crippen molar-refractivity contribution in [3.63, 3.8) is 0 Å². The van der Waals surface area contributed by atoms with Crippen molar-refractivity contribution in [3.05, 3.63) is 36.0 Å². The Kier molecular flexibility index (Phi) is 3.51. The fraction of sp³-hybridized carbons (Fsp3) is 0.471. The molecule has 106 valence electrons. The third kappa shape index (κ3) is 2.45. The molecule has 0 aliphatic carbocycles. The fourth-order valence-corrected chi connectivity index (χ4v) is 3.32. The normalized spacial score (nSPS) is 23.2. The average molecular weight is 270 g/mol. The Morgan fingerprint density at radius 1 is 1.35 bits per heavy atom. The van der Waals surface area contributed by atoms with Gasteiger partial charge < -0.3 is 9.88 Å². The van der Waals surface area contributed by atoms with Gasteiger partial charge in [0, 0.05) is 29.7 Å². The molecule has 3 heteroatoms. The summed E-state index contributed by atoms with van der Waals surface area (Å²) in [5.41, 5.74) is 2.21. The number of nitrogens with one attached hydrogen (secondary N) is 1. The second-order valence-electron chi connectivity index (χ2n) is 6.10. The van der Waals surface area contributed by atoms with Crippen LogP contribution in [0.3, 0.4) is 0 Å². The highest BCUT2D eigenvalue weighted by Crippen LogP contribution is 2.24. The summed E-state index contributed by atoms with van der Waals surface area (Å²) in [6, 6.07) is 8.54. The molecule has 20 heavy (non-hydrogen) atoms. The molecule has 0 bridgehead atoms. The van der Waals surface area contributed by atoms with E-state index >= 15 is 0 Å². The van der Waals surface area contributed by atoms with Crippen LogP contribution in [0.25, 0.3) is 10.9 Å². The summed E-state index contributed by atoms with van der Waals surface area (Å²) in [5.74, 6) is 0.997. The number of benzene rings is 1. The number of carbonyl (C=O) groups is 1. The summed E-state index contributed by atoms with van der Waals surface area (Å²) in [4.78, 5) is 17.8. The minimum atomic E-state index is 0.258. The second-order valence-corrected chi connectivity index (χ2v) is 6.10. The number of carbonyl (C=O) groups excluding carboxylic acids is 1. The molecule has 1 fully saturated rings. The zero-order chi connectivity index (χ0) is 14.1. The Labute approximate surface area is 120 Å². The van der Waals surface area contributed by atoms with Gasteiger partial charge in [-0.25, -0.2) is 0 Å². The highest BCUT2D eigenvalue weighted by Gasteiger charge is 2.26. The number of nitrogens with zero attached hydrogens (tertiary/aromatic N) is 1. The molecule has 0 saturated carbocycles. The molecule has 1 aromatic carbocycles. The highest BCUT2D eigenvalue weighted by atomic mass is 16.2. The lowest BCUT2D eigenvalue weighted by molar-refractivity contribution is -0.134. The number of hydrogen-bond acceptors (Lipinski definition) is 1. The van der Waals surface area contributed by atoms with Gasteiger partial charge in [-0.3, -0.25) is 4.79 Å².